The fraction of sp³-hybridized carbons (Fsp3) is 0.308. The molecule has 0 bridgehead atoms. The maximum Gasteiger partial charge on any atom is 0.176 e. The zero-order chi connectivity index (χ0) is 11.5. The molecule has 84 valence electrons. The van der Waals surface area contributed by atoms with Crippen LogP contribution in [-0.2, 0) is 4.79 Å². The summed E-state index contributed by atoms with van der Waals surface area (Å²) in [5, 5.41) is 0.333. The fourth-order valence-corrected chi connectivity index (χ4v) is 2.36. The van der Waals surface area contributed by atoms with E-state index in [9.17, 15) is 4.79 Å². The van der Waals surface area contributed by atoms with Gasteiger partial charge in [-0.15, -0.1) is 11.6 Å². The van der Waals surface area contributed by atoms with Crippen LogP contribution in [0.4, 0.5) is 0 Å². The number of carbonyl (C=O) groups excluding carboxylic acids is 1. The summed E-state index contributed by atoms with van der Waals surface area (Å²) in [5.41, 5.74) is 1.77. The molecule has 1 aliphatic carbocycles. The number of allylic oxidation sites excluding steroid dienone is 1. The third-order valence-electron chi connectivity index (χ3n) is 2.69. The molecular formula is C13H12Cl2O. The van der Waals surface area contributed by atoms with Crippen LogP contribution in [0.15, 0.2) is 29.8 Å². The predicted octanol–water partition coefficient (Wildman–Crippen LogP) is 4.08. The molecule has 2 rings (SSSR count). The summed E-state index contributed by atoms with van der Waals surface area (Å²) >= 11 is 11.8. The number of hydrogen-bond acceptors (Lipinski definition) is 1. The highest BCUT2D eigenvalue weighted by molar-refractivity contribution is 6.34. The van der Waals surface area contributed by atoms with Crippen molar-refractivity contribution in [2.45, 2.75) is 24.6 Å². The van der Waals surface area contributed by atoms with Crippen LogP contribution in [0.25, 0.3) is 6.08 Å². The second kappa shape index (κ2) is 5.03. The van der Waals surface area contributed by atoms with Gasteiger partial charge in [0.1, 0.15) is 0 Å². The normalized spacial score (nSPS) is 23.8. The van der Waals surface area contributed by atoms with E-state index >= 15 is 0 Å². The van der Waals surface area contributed by atoms with Crippen molar-refractivity contribution in [2.75, 3.05) is 0 Å². The number of Topliss-reactive ketones (excluding diaryl/α,β-unsaturated/α-hetero) is 1. The number of hydrogen-bond donors (Lipinski definition) is 0. The summed E-state index contributed by atoms with van der Waals surface area (Å²) in [6.07, 6.45) is 4.47. The van der Waals surface area contributed by atoms with Gasteiger partial charge in [-0.2, -0.15) is 0 Å². The van der Waals surface area contributed by atoms with Crippen molar-refractivity contribution in [2.24, 2.45) is 0 Å². The van der Waals surface area contributed by atoms with Crippen molar-refractivity contribution in [1.29, 1.82) is 0 Å². The van der Waals surface area contributed by atoms with Gasteiger partial charge in [-0.3, -0.25) is 4.79 Å². The SMILES string of the molecule is O=C1C(=Cc2cccc(Cl)c2)CCCC1Cl. The standard InChI is InChI=1S/C13H12Cl2O/c14-11-5-1-3-9(8-11)7-10-4-2-6-12(15)13(10)16/h1,3,5,7-8,12H,2,4,6H2. The van der Waals surface area contributed by atoms with Gasteiger partial charge in [-0.05, 0) is 48.6 Å². The first-order valence-electron chi connectivity index (χ1n) is 5.31. The molecule has 0 N–H and O–H groups in total. The summed E-state index contributed by atoms with van der Waals surface area (Å²) < 4.78 is 0. The highest BCUT2D eigenvalue weighted by Crippen LogP contribution is 2.26. The van der Waals surface area contributed by atoms with Crippen LogP contribution in [0, 0.1) is 0 Å². The van der Waals surface area contributed by atoms with Crippen molar-refractivity contribution in [3.05, 3.63) is 40.4 Å². The minimum absolute atomic E-state index is 0.0629. The highest BCUT2D eigenvalue weighted by Gasteiger charge is 2.24. The lowest BCUT2D eigenvalue weighted by molar-refractivity contribution is -0.116. The number of benzene rings is 1. The Balaban J connectivity index is 2.26. The quantitative estimate of drug-likeness (QED) is 0.545. The lowest BCUT2D eigenvalue weighted by Gasteiger charge is -2.17. The Bertz CT molecular complexity index is 437. The van der Waals surface area contributed by atoms with E-state index in [2.05, 4.69) is 0 Å². The minimum Gasteiger partial charge on any atom is -0.293 e. The third-order valence-corrected chi connectivity index (χ3v) is 3.35. The van der Waals surface area contributed by atoms with Crippen LogP contribution in [0.3, 0.4) is 0 Å². The third kappa shape index (κ3) is 2.66. The van der Waals surface area contributed by atoms with Gasteiger partial charge in [0.2, 0.25) is 0 Å². The first kappa shape index (κ1) is 11.7. The topological polar surface area (TPSA) is 17.1 Å². The summed E-state index contributed by atoms with van der Waals surface area (Å²) in [5.74, 6) is 0.0629. The molecule has 0 radical (unpaired) electrons. The van der Waals surface area contributed by atoms with Crippen LogP contribution in [0.2, 0.25) is 5.02 Å². The number of ketones is 1. The first-order chi connectivity index (χ1) is 7.66. The van der Waals surface area contributed by atoms with Crippen molar-refractivity contribution in [3.8, 4) is 0 Å². The van der Waals surface area contributed by atoms with Crippen LogP contribution < -0.4 is 0 Å². The monoisotopic (exact) mass is 254 g/mol. The Morgan fingerprint density at radius 2 is 2.19 bits per heavy atom. The molecule has 1 nitrogen and oxygen atoms in total. The van der Waals surface area contributed by atoms with Gasteiger partial charge in [0, 0.05) is 5.02 Å². The fourth-order valence-electron chi connectivity index (χ4n) is 1.87. The van der Waals surface area contributed by atoms with Crippen LogP contribution in [-0.4, -0.2) is 11.2 Å². The highest BCUT2D eigenvalue weighted by atomic mass is 35.5. The van der Waals surface area contributed by atoms with Gasteiger partial charge in [0.15, 0.2) is 5.78 Å². The summed E-state index contributed by atoms with van der Waals surface area (Å²) in [7, 11) is 0. The molecule has 0 heterocycles. The Hall–Kier alpha value is -0.790. The van der Waals surface area contributed by atoms with Gasteiger partial charge in [0.05, 0.1) is 5.38 Å². The van der Waals surface area contributed by atoms with Crippen LogP contribution in [0.1, 0.15) is 24.8 Å². The second-order valence-corrected chi connectivity index (χ2v) is 4.91. The number of rotatable bonds is 1. The van der Waals surface area contributed by atoms with Gasteiger partial charge in [0.25, 0.3) is 0 Å². The Labute approximate surface area is 105 Å². The van der Waals surface area contributed by atoms with E-state index in [4.69, 9.17) is 23.2 Å². The maximum atomic E-state index is 11.8. The summed E-state index contributed by atoms with van der Waals surface area (Å²) in [6, 6.07) is 7.47. The lowest BCUT2D eigenvalue weighted by Crippen LogP contribution is -2.21. The van der Waals surface area contributed by atoms with Gasteiger partial charge >= 0.3 is 0 Å². The second-order valence-electron chi connectivity index (χ2n) is 3.95. The molecule has 1 atom stereocenters. The van der Waals surface area contributed by atoms with E-state index < -0.39 is 0 Å². The molecule has 0 amide bonds. The lowest BCUT2D eigenvalue weighted by atomic mass is 9.92. The average Bonchev–Trinajstić information content (AvgIpc) is 2.25. The van der Waals surface area contributed by atoms with Crippen molar-refractivity contribution < 1.29 is 4.79 Å². The van der Waals surface area contributed by atoms with Crippen LogP contribution in [0.5, 0.6) is 0 Å². The van der Waals surface area contributed by atoms with E-state index in [0.717, 1.165) is 30.4 Å². The number of alkyl halides is 1. The van der Waals surface area contributed by atoms with Crippen LogP contribution >= 0.6 is 23.2 Å². The molecular weight excluding hydrogens is 243 g/mol. The molecule has 16 heavy (non-hydrogen) atoms. The molecule has 1 aromatic carbocycles. The van der Waals surface area contributed by atoms with E-state index in [1.165, 1.54) is 0 Å². The first-order valence-corrected chi connectivity index (χ1v) is 6.12. The van der Waals surface area contributed by atoms with E-state index in [1.54, 1.807) is 0 Å². The largest absolute Gasteiger partial charge is 0.293 e. The van der Waals surface area contributed by atoms with Gasteiger partial charge < -0.3 is 0 Å². The van der Waals surface area contributed by atoms with Crippen molar-refractivity contribution in [1.82, 2.24) is 0 Å². The molecule has 0 spiro atoms. The molecule has 1 unspecified atom stereocenters. The molecule has 1 fully saturated rings. The predicted molar refractivity (Wildman–Crippen MR) is 67.9 cm³/mol. The number of carbonyl (C=O) groups is 1. The zero-order valence-electron chi connectivity index (χ0n) is 8.75. The molecule has 1 aromatic rings. The molecule has 1 aliphatic rings. The smallest absolute Gasteiger partial charge is 0.176 e. The molecule has 3 heteroatoms. The molecule has 1 saturated carbocycles. The van der Waals surface area contributed by atoms with Crippen molar-refractivity contribution >= 4 is 35.1 Å². The van der Waals surface area contributed by atoms with E-state index in [0.29, 0.717) is 5.02 Å². The summed E-state index contributed by atoms with van der Waals surface area (Å²) in [4.78, 5) is 11.8. The number of halogens is 2. The van der Waals surface area contributed by atoms with Crippen molar-refractivity contribution in [3.63, 3.8) is 0 Å². The Morgan fingerprint density at radius 1 is 1.38 bits per heavy atom. The Kier molecular flexibility index (Phi) is 3.67. The van der Waals surface area contributed by atoms with Gasteiger partial charge in [-0.25, -0.2) is 0 Å². The Morgan fingerprint density at radius 3 is 2.94 bits per heavy atom. The van der Waals surface area contributed by atoms with Gasteiger partial charge in [-0.1, -0.05) is 23.7 Å². The van der Waals surface area contributed by atoms with E-state index in [1.807, 2.05) is 30.3 Å². The zero-order valence-corrected chi connectivity index (χ0v) is 10.3. The molecule has 0 aromatic heterocycles. The maximum absolute atomic E-state index is 11.8. The van der Waals surface area contributed by atoms with E-state index in [-0.39, 0.29) is 11.2 Å². The molecule has 0 aliphatic heterocycles. The minimum atomic E-state index is -0.348. The molecule has 0 saturated heterocycles. The average molecular weight is 255 g/mol. The summed E-state index contributed by atoms with van der Waals surface area (Å²) in [6.45, 7) is 0.